The van der Waals surface area contributed by atoms with Crippen molar-refractivity contribution in [3.05, 3.63) is 29.3 Å². The lowest BCUT2D eigenvalue weighted by atomic mass is 10.1. The number of hydrogen-bond donors (Lipinski definition) is 0. The van der Waals surface area contributed by atoms with E-state index >= 15 is 0 Å². The summed E-state index contributed by atoms with van der Waals surface area (Å²) < 4.78 is 19.5. The molecule has 0 unspecified atom stereocenters. The van der Waals surface area contributed by atoms with Crippen molar-refractivity contribution in [3.63, 3.8) is 0 Å². The number of fused-ring (bicyclic) bond motifs is 1. The fraction of sp³-hybridized carbons (Fsp3) is 0.231. The molecule has 0 saturated heterocycles. The first-order chi connectivity index (χ1) is 9.15. The van der Waals surface area contributed by atoms with Gasteiger partial charge in [0, 0.05) is 0 Å². The SMILES string of the molecule is COC(=O)C(=Cc1ccc2c(c1)OCO2)C(=O)OC. The minimum Gasteiger partial charge on any atom is -0.465 e. The van der Waals surface area contributed by atoms with E-state index in [0.717, 1.165) is 0 Å². The molecule has 0 aromatic heterocycles. The molecule has 1 aromatic carbocycles. The first-order valence-electron chi connectivity index (χ1n) is 5.43. The Hall–Kier alpha value is -2.50. The van der Waals surface area contributed by atoms with Gasteiger partial charge in [0.15, 0.2) is 11.5 Å². The van der Waals surface area contributed by atoms with Crippen LogP contribution in [0.15, 0.2) is 23.8 Å². The van der Waals surface area contributed by atoms with E-state index in [1.165, 1.54) is 20.3 Å². The predicted molar refractivity (Wildman–Crippen MR) is 64.6 cm³/mol. The number of benzene rings is 1. The summed E-state index contributed by atoms with van der Waals surface area (Å²) in [7, 11) is 2.39. The molecule has 100 valence electrons. The highest BCUT2D eigenvalue weighted by Gasteiger charge is 2.20. The molecule has 0 N–H and O–H groups in total. The monoisotopic (exact) mass is 264 g/mol. The molecular weight excluding hydrogens is 252 g/mol. The van der Waals surface area contributed by atoms with Crippen LogP contribution in [-0.4, -0.2) is 33.0 Å². The van der Waals surface area contributed by atoms with Crippen LogP contribution < -0.4 is 9.47 Å². The first kappa shape index (κ1) is 12.9. The van der Waals surface area contributed by atoms with Crippen molar-refractivity contribution in [1.82, 2.24) is 0 Å². The Morgan fingerprint density at radius 1 is 1.11 bits per heavy atom. The van der Waals surface area contributed by atoms with Crippen molar-refractivity contribution in [3.8, 4) is 11.5 Å². The van der Waals surface area contributed by atoms with E-state index < -0.39 is 11.9 Å². The van der Waals surface area contributed by atoms with Gasteiger partial charge in [-0.25, -0.2) is 9.59 Å². The molecule has 6 nitrogen and oxygen atoms in total. The molecule has 2 rings (SSSR count). The van der Waals surface area contributed by atoms with E-state index in [1.54, 1.807) is 18.2 Å². The van der Waals surface area contributed by atoms with Crippen LogP contribution in [0, 0.1) is 0 Å². The maximum Gasteiger partial charge on any atom is 0.345 e. The third-order valence-electron chi connectivity index (χ3n) is 2.52. The van der Waals surface area contributed by atoms with Crippen LogP contribution in [0.4, 0.5) is 0 Å². The molecule has 1 heterocycles. The van der Waals surface area contributed by atoms with E-state index in [9.17, 15) is 9.59 Å². The second-order valence-electron chi connectivity index (χ2n) is 3.65. The maximum absolute atomic E-state index is 11.5. The largest absolute Gasteiger partial charge is 0.465 e. The fourth-order valence-corrected chi connectivity index (χ4v) is 1.59. The molecule has 1 aliphatic rings. The second kappa shape index (κ2) is 5.43. The van der Waals surface area contributed by atoms with Crippen LogP contribution in [0.25, 0.3) is 6.08 Å². The Balaban J connectivity index is 2.35. The summed E-state index contributed by atoms with van der Waals surface area (Å²) in [6.07, 6.45) is 1.37. The predicted octanol–water partition coefficient (Wildman–Crippen LogP) is 1.14. The van der Waals surface area contributed by atoms with Gasteiger partial charge in [-0.15, -0.1) is 0 Å². The van der Waals surface area contributed by atoms with Gasteiger partial charge >= 0.3 is 11.9 Å². The summed E-state index contributed by atoms with van der Waals surface area (Å²) in [6, 6.07) is 5.05. The molecule has 0 saturated carbocycles. The lowest BCUT2D eigenvalue weighted by Crippen LogP contribution is -2.15. The smallest absolute Gasteiger partial charge is 0.345 e. The molecule has 0 fully saturated rings. The molecular formula is C13H12O6. The Morgan fingerprint density at radius 2 is 1.74 bits per heavy atom. The maximum atomic E-state index is 11.5. The standard InChI is InChI=1S/C13H12O6/c1-16-12(14)9(13(15)17-2)5-8-3-4-10-11(6-8)19-7-18-10/h3-6H,7H2,1-2H3. The minimum absolute atomic E-state index is 0.156. The molecule has 0 amide bonds. The molecule has 1 aliphatic heterocycles. The van der Waals surface area contributed by atoms with E-state index in [-0.39, 0.29) is 12.4 Å². The normalized spacial score (nSPS) is 11.7. The number of hydrogen-bond acceptors (Lipinski definition) is 6. The first-order valence-corrected chi connectivity index (χ1v) is 5.43. The Labute approximate surface area is 109 Å². The van der Waals surface area contributed by atoms with Crippen LogP contribution in [0.3, 0.4) is 0 Å². The van der Waals surface area contributed by atoms with Crippen LogP contribution in [0.1, 0.15) is 5.56 Å². The summed E-state index contributed by atoms with van der Waals surface area (Å²) in [4.78, 5) is 23.0. The van der Waals surface area contributed by atoms with Gasteiger partial charge in [-0.05, 0) is 23.8 Å². The Bertz CT molecular complexity index is 528. The average molecular weight is 264 g/mol. The van der Waals surface area contributed by atoms with Gasteiger partial charge in [-0.1, -0.05) is 6.07 Å². The number of carbonyl (C=O) groups excluding carboxylic acids is 2. The van der Waals surface area contributed by atoms with Crippen molar-refractivity contribution in [2.75, 3.05) is 21.0 Å². The zero-order chi connectivity index (χ0) is 13.8. The van der Waals surface area contributed by atoms with Crippen LogP contribution >= 0.6 is 0 Å². The quantitative estimate of drug-likeness (QED) is 0.353. The molecule has 0 bridgehead atoms. The molecule has 0 radical (unpaired) electrons. The third-order valence-corrected chi connectivity index (χ3v) is 2.52. The average Bonchev–Trinajstić information content (AvgIpc) is 2.90. The number of carbonyl (C=O) groups is 2. The van der Waals surface area contributed by atoms with Gasteiger partial charge in [0.1, 0.15) is 5.57 Å². The summed E-state index contributed by atoms with van der Waals surface area (Å²) in [6.45, 7) is 0.156. The lowest BCUT2D eigenvalue weighted by molar-refractivity contribution is -0.143. The van der Waals surface area contributed by atoms with Crippen LogP contribution in [0.5, 0.6) is 11.5 Å². The Morgan fingerprint density at radius 3 is 2.37 bits per heavy atom. The van der Waals surface area contributed by atoms with Gasteiger partial charge in [-0.3, -0.25) is 0 Å². The van der Waals surface area contributed by atoms with Crippen molar-refractivity contribution in [1.29, 1.82) is 0 Å². The highest BCUT2D eigenvalue weighted by atomic mass is 16.7. The topological polar surface area (TPSA) is 71.1 Å². The summed E-state index contributed by atoms with van der Waals surface area (Å²) in [5.74, 6) is -0.341. The lowest BCUT2D eigenvalue weighted by Gasteiger charge is -2.04. The minimum atomic E-state index is -0.760. The van der Waals surface area contributed by atoms with Crippen LogP contribution in [0.2, 0.25) is 0 Å². The number of esters is 2. The van der Waals surface area contributed by atoms with E-state index in [1.807, 2.05) is 0 Å². The van der Waals surface area contributed by atoms with Crippen molar-refractivity contribution < 1.29 is 28.5 Å². The van der Waals surface area contributed by atoms with Crippen molar-refractivity contribution >= 4 is 18.0 Å². The van der Waals surface area contributed by atoms with Crippen LogP contribution in [-0.2, 0) is 19.1 Å². The Kier molecular flexibility index (Phi) is 3.70. The third kappa shape index (κ3) is 2.67. The van der Waals surface area contributed by atoms with E-state index in [0.29, 0.717) is 17.1 Å². The molecule has 19 heavy (non-hydrogen) atoms. The summed E-state index contributed by atoms with van der Waals surface area (Å²) in [5.41, 5.74) is 0.416. The fourth-order valence-electron chi connectivity index (χ4n) is 1.59. The summed E-state index contributed by atoms with van der Waals surface area (Å²) >= 11 is 0. The molecule has 1 aromatic rings. The van der Waals surface area contributed by atoms with E-state index in [2.05, 4.69) is 9.47 Å². The highest BCUT2D eigenvalue weighted by molar-refractivity contribution is 6.17. The molecule has 0 aliphatic carbocycles. The second-order valence-corrected chi connectivity index (χ2v) is 3.65. The van der Waals surface area contributed by atoms with Gasteiger partial charge in [0.05, 0.1) is 14.2 Å². The van der Waals surface area contributed by atoms with Gasteiger partial charge < -0.3 is 18.9 Å². The van der Waals surface area contributed by atoms with E-state index in [4.69, 9.17) is 9.47 Å². The van der Waals surface area contributed by atoms with Gasteiger partial charge in [0.25, 0.3) is 0 Å². The number of ether oxygens (including phenoxy) is 4. The molecule has 0 spiro atoms. The highest BCUT2D eigenvalue weighted by Crippen LogP contribution is 2.33. The zero-order valence-corrected chi connectivity index (χ0v) is 10.5. The van der Waals surface area contributed by atoms with Gasteiger partial charge in [0.2, 0.25) is 6.79 Å². The van der Waals surface area contributed by atoms with Crippen molar-refractivity contribution in [2.24, 2.45) is 0 Å². The summed E-state index contributed by atoms with van der Waals surface area (Å²) in [5, 5.41) is 0. The zero-order valence-electron chi connectivity index (χ0n) is 10.5. The molecule has 6 heteroatoms. The molecule has 0 atom stereocenters. The number of methoxy groups -OCH3 is 2. The van der Waals surface area contributed by atoms with Gasteiger partial charge in [-0.2, -0.15) is 0 Å². The van der Waals surface area contributed by atoms with Crippen molar-refractivity contribution in [2.45, 2.75) is 0 Å². The number of rotatable bonds is 3.